The molecule has 1 heterocycles. The maximum Gasteiger partial charge on any atom is 0.130 e. The van der Waals surface area contributed by atoms with Crippen LogP contribution in [0.15, 0.2) is 6.07 Å². The van der Waals surface area contributed by atoms with Crippen LogP contribution in [0, 0.1) is 19.8 Å². The highest BCUT2D eigenvalue weighted by Crippen LogP contribution is 2.31. The van der Waals surface area contributed by atoms with Crippen LogP contribution in [0.5, 0.6) is 0 Å². The van der Waals surface area contributed by atoms with Crippen LogP contribution in [0.1, 0.15) is 44.1 Å². The predicted molar refractivity (Wildman–Crippen MR) is 72.6 cm³/mol. The van der Waals surface area contributed by atoms with Gasteiger partial charge in [-0.05, 0) is 45.4 Å². The van der Waals surface area contributed by atoms with Crippen molar-refractivity contribution in [2.75, 3.05) is 11.9 Å². The quantitative estimate of drug-likeness (QED) is 0.864. The first kappa shape index (κ1) is 13.3. The second-order valence-electron chi connectivity index (χ2n) is 5.70. The van der Waals surface area contributed by atoms with Crippen molar-refractivity contribution in [1.29, 1.82) is 0 Å². The molecule has 1 aliphatic carbocycles. The normalized spacial score (nSPS) is 28.1. The zero-order chi connectivity index (χ0) is 13.2. The number of nitrogens with one attached hydrogen (secondary N) is 1. The molecule has 0 spiro atoms. The number of aryl methyl sites for hydroxylation is 2. The summed E-state index contributed by atoms with van der Waals surface area (Å²) in [6, 6.07) is 1.92. The van der Waals surface area contributed by atoms with Crippen molar-refractivity contribution in [3.8, 4) is 0 Å². The fourth-order valence-corrected chi connectivity index (χ4v) is 2.54. The molecule has 1 fully saturated rings. The summed E-state index contributed by atoms with van der Waals surface area (Å²) < 4.78 is 0. The molecule has 2 rings (SSSR count). The van der Waals surface area contributed by atoms with Gasteiger partial charge < -0.3 is 10.4 Å². The molecule has 1 saturated carbocycles. The number of hydrogen-bond acceptors (Lipinski definition) is 4. The van der Waals surface area contributed by atoms with Gasteiger partial charge in [-0.1, -0.05) is 6.92 Å². The van der Waals surface area contributed by atoms with E-state index in [9.17, 15) is 5.11 Å². The van der Waals surface area contributed by atoms with Crippen LogP contribution >= 0.6 is 0 Å². The number of rotatable bonds is 3. The third kappa shape index (κ3) is 3.42. The smallest absolute Gasteiger partial charge is 0.130 e. The van der Waals surface area contributed by atoms with Crippen LogP contribution in [0.2, 0.25) is 0 Å². The molecule has 1 aromatic rings. The lowest BCUT2D eigenvalue weighted by molar-refractivity contribution is 0.00494. The molecule has 0 aromatic carbocycles. The Morgan fingerprint density at radius 3 is 2.61 bits per heavy atom. The number of hydrogen-bond donors (Lipinski definition) is 2. The highest BCUT2D eigenvalue weighted by atomic mass is 16.3. The Morgan fingerprint density at radius 1 is 1.33 bits per heavy atom. The average Bonchev–Trinajstić information content (AvgIpc) is 2.30. The van der Waals surface area contributed by atoms with Gasteiger partial charge in [-0.2, -0.15) is 0 Å². The van der Waals surface area contributed by atoms with E-state index in [0.29, 0.717) is 6.54 Å². The highest BCUT2D eigenvalue weighted by Gasteiger charge is 2.31. The summed E-state index contributed by atoms with van der Waals surface area (Å²) in [5.74, 6) is 2.32. The third-order valence-electron chi connectivity index (χ3n) is 3.77. The van der Waals surface area contributed by atoms with Crippen LogP contribution < -0.4 is 5.32 Å². The van der Waals surface area contributed by atoms with E-state index in [0.717, 1.165) is 48.9 Å². The molecule has 1 aliphatic rings. The van der Waals surface area contributed by atoms with E-state index in [1.54, 1.807) is 0 Å². The van der Waals surface area contributed by atoms with E-state index < -0.39 is 5.60 Å². The van der Waals surface area contributed by atoms with E-state index in [1.165, 1.54) is 0 Å². The summed E-state index contributed by atoms with van der Waals surface area (Å²) in [4.78, 5) is 8.57. The topological polar surface area (TPSA) is 58.0 Å². The summed E-state index contributed by atoms with van der Waals surface area (Å²) in [6.07, 6.45) is 3.98. The second-order valence-corrected chi connectivity index (χ2v) is 5.70. The maximum atomic E-state index is 10.5. The number of nitrogens with zero attached hydrogens (tertiary/aromatic N) is 2. The lowest BCUT2D eigenvalue weighted by Crippen LogP contribution is -2.40. The monoisotopic (exact) mass is 249 g/mol. The van der Waals surface area contributed by atoms with Gasteiger partial charge in [-0.3, -0.25) is 0 Å². The van der Waals surface area contributed by atoms with Crippen molar-refractivity contribution in [2.24, 2.45) is 5.92 Å². The van der Waals surface area contributed by atoms with Crippen LogP contribution in [-0.4, -0.2) is 27.2 Å². The highest BCUT2D eigenvalue weighted by molar-refractivity contribution is 5.36. The molecule has 0 unspecified atom stereocenters. The van der Waals surface area contributed by atoms with E-state index in [4.69, 9.17) is 0 Å². The number of aromatic nitrogens is 2. The number of anilines is 1. The van der Waals surface area contributed by atoms with Crippen molar-refractivity contribution >= 4 is 5.82 Å². The molecule has 0 radical (unpaired) electrons. The first-order valence-electron chi connectivity index (χ1n) is 6.75. The van der Waals surface area contributed by atoms with Crippen LogP contribution in [0.25, 0.3) is 0 Å². The molecule has 0 bridgehead atoms. The molecule has 1 aromatic heterocycles. The summed E-state index contributed by atoms with van der Waals surface area (Å²) in [6.45, 7) is 6.67. The Kier molecular flexibility index (Phi) is 3.85. The summed E-state index contributed by atoms with van der Waals surface area (Å²) in [5.41, 5.74) is 0.383. The molecule has 2 N–H and O–H groups in total. The predicted octanol–water partition coefficient (Wildman–Crippen LogP) is 2.45. The Bertz CT molecular complexity index is 391. The van der Waals surface area contributed by atoms with E-state index in [-0.39, 0.29) is 0 Å². The van der Waals surface area contributed by atoms with E-state index in [2.05, 4.69) is 22.2 Å². The van der Waals surface area contributed by atoms with E-state index >= 15 is 0 Å². The molecule has 0 saturated heterocycles. The Balaban J connectivity index is 1.94. The first-order chi connectivity index (χ1) is 8.47. The van der Waals surface area contributed by atoms with Crippen molar-refractivity contribution in [1.82, 2.24) is 9.97 Å². The minimum Gasteiger partial charge on any atom is -0.388 e. The van der Waals surface area contributed by atoms with Crippen molar-refractivity contribution in [2.45, 2.75) is 52.1 Å². The summed E-state index contributed by atoms with van der Waals surface area (Å²) in [5, 5.41) is 13.7. The fraction of sp³-hybridized carbons (Fsp3) is 0.714. The Labute approximate surface area is 109 Å². The third-order valence-corrected chi connectivity index (χ3v) is 3.77. The van der Waals surface area contributed by atoms with Gasteiger partial charge in [0.1, 0.15) is 11.6 Å². The zero-order valence-electron chi connectivity index (χ0n) is 11.5. The van der Waals surface area contributed by atoms with Gasteiger partial charge in [-0.25, -0.2) is 9.97 Å². The Hall–Kier alpha value is -1.16. The molecule has 0 aliphatic heterocycles. The lowest BCUT2D eigenvalue weighted by Gasteiger charge is -2.35. The standard InChI is InChI=1S/C14H23N3O/c1-10-4-6-14(18,7-5-10)9-15-13-8-11(2)16-12(3)17-13/h8,10,18H,4-7,9H2,1-3H3,(H,15,16,17). The van der Waals surface area contributed by atoms with Crippen LogP contribution in [-0.2, 0) is 0 Å². The van der Waals surface area contributed by atoms with Crippen molar-refractivity contribution in [3.05, 3.63) is 17.6 Å². The molecule has 4 heteroatoms. The molecule has 18 heavy (non-hydrogen) atoms. The van der Waals surface area contributed by atoms with Gasteiger partial charge in [0, 0.05) is 18.3 Å². The minimum atomic E-state index is -0.570. The molecular weight excluding hydrogens is 226 g/mol. The molecule has 100 valence electrons. The Morgan fingerprint density at radius 2 is 2.00 bits per heavy atom. The maximum absolute atomic E-state index is 10.5. The second kappa shape index (κ2) is 5.22. The van der Waals surface area contributed by atoms with Crippen LogP contribution in [0.3, 0.4) is 0 Å². The molecule has 0 amide bonds. The zero-order valence-corrected chi connectivity index (χ0v) is 11.5. The van der Waals surface area contributed by atoms with Gasteiger partial charge >= 0.3 is 0 Å². The van der Waals surface area contributed by atoms with Crippen molar-refractivity contribution < 1.29 is 5.11 Å². The molecular formula is C14H23N3O. The van der Waals surface area contributed by atoms with Gasteiger partial charge in [0.15, 0.2) is 0 Å². The van der Waals surface area contributed by atoms with Gasteiger partial charge in [0.05, 0.1) is 5.60 Å². The van der Waals surface area contributed by atoms with Crippen LogP contribution in [0.4, 0.5) is 5.82 Å². The van der Waals surface area contributed by atoms with Gasteiger partial charge in [0.2, 0.25) is 0 Å². The van der Waals surface area contributed by atoms with Gasteiger partial charge in [0.25, 0.3) is 0 Å². The average molecular weight is 249 g/mol. The fourth-order valence-electron chi connectivity index (χ4n) is 2.54. The number of aliphatic hydroxyl groups is 1. The summed E-state index contributed by atoms with van der Waals surface area (Å²) in [7, 11) is 0. The van der Waals surface area contributed by atoms with Crippen molar-refractivity contribution in [3.63, 3.8) is 0 Å². The summed E-state index contributed by atoms with van der Waals surface area (Å²) >= 11 is 0. The van der Waals surface area contributed by atoms with Gasteiger partial charge in [-0.15, -0.1) is 0 Å². The van der Waals surface area contributed by atoms with E-state index in [1.807, 2.05) is 19.9 Å². The SMILES string of the molecule is Cc1cc(NCC2(O)CCC(C)CC2)nc(C)n1. The lowest BCUT2D eigenvalue weighted by atomic mass is 9.79. The molecule has 4 nitrogen and oxygen atoms in total. The molecule has 0 atom stereocenters. The largest absolute Gasteiger partial charge is 0.388 e. The minimum absolute atomic E-state index is 0.570. The first-order valence-corrected chi connectivity index (χ1v) is 6.75.